The Labute approximate surface area is 213 Å². The van der Waals surface area contributed by atoms with Crippen LogP contribution in [-0.4, -0.2) is 18.9 Å². The van der Waals surface area contributed by atoms with E-state index in [4.69, 9.17) is 10.5 Å². The summed E-state index contributed by atoms with van der Waals surface area (Å²) in [5, 5.41) is 12.9. The van der Waals surface area contributed by atoms with Gasteiger partial charge in [-0.2, -0.15) is 5.26 Å². The predicted molar refractivity (Wildman–Crippen MR) is 138 cm³/mol. The predicted octanol–water partition coefficient (Wildman–Crippen LogP) is 5.81. The van der Waals surface area contributed by atoms with Gasteiger partial charge in [0.2, 0.25) is 0 Å². The summed E-state index contributed by atoms with van der Waals surface area (Å²) in [6, 6.07) is 6.21. The number of fused-ring (bicyclic) bond motifs is 1. The lowest BCUT2D eigenvalue weighted by Crippen LogP contribution is -2.42. The molecule has 1 aliphatic heterocycles. The van der Waals surface area contributed by atoms with Gasteiger partial charge in [-0.3, -0.25) is 9.69 Å². The summed E-state index contributed by atoms with van der Waals surface area (Å²) in [5.41, 5.74) is 9.90. The Morgan fingerprint density at radius 1 is 1.26 bits per heavy atom. The molecule has 0 radical (unpaired) electrons. The highest BCUT2D eigenvalue weighted by Crippen LogP contribution is 2.53. The normalized spacial score (nSPS) is 21.8. The number of ether oxygens (including phenoxy) is 1. The number of anilines is 1. The molecule has 0 spiro atoms. The van der Waals surface area contributed by atoms with Crippen molar-refractivity contribution in [2.45, 2.75) is 64.7 Å². The van der Waals surface area contributed by atoms with Gasteiger partial charge in [-0.15, -0.1) is 22.7 Å². The van der Waals surface area contributed by atoms with E-state index in [-0.39, 0.29) is 11.2 Å². The molecule has 3 aliphatic rings. The number of nitrogens with zero attached hydrogens (tertiary/aromatic N) is 2. The zero-order valence-electron chi connectivity index (χ0n) is 20.3. The number of rotatable bonds is 3. The number of thiophene rings is 2. The van der Waals surface area contributed by atoms with Crippen LogP contribution in [-0.2, 0) is 22.4 Å². The van der Waals surface area contributed by atoms with Crippen molar-refractivity contribution in [2.24, 2.45) is 11.1 Å². The summed E-state index contributed by atoms with van der Waals surface area (Å²) in [6.45, 7) is 4.16. The fourth-order valence-corrected chi connectivity index (χ4v) is 7.94. The molecule has 3 heterocycles. The van der Waals surface area contributed by atoms with Crippen LogP contribution in [0.15, 0.2) is 40.2 Å². The van der Waals surface area contributed by atoms with Crippen LogP contribution in [0, 0.1) is 16.7 Å². The Bertz CT molecular complexity index is 1310. The maximum atomic E-state index is 13.7. The zero-order chi connectivity index (χ0) is 24.9. The minimum absolute atomic E-state index is 0.0395. The minimum Gasteiger partial charge on any atom is -0.465 e. The number of hydrogen-bond acceptors (Lipinski definition) is 8. The highest BCUT2D eigenvalue weighted by Gasteiger charge is 2.46. The van der Waals surface area contributed by atoms with Crippen molar-refractivity contribution < 1.29 is 14.3 Å². The number of nitriles is 1. The molecule has 0 aromatic carbocycles. The fourth-order valence-electron chi connectivity index (χ4n) is 5.68. The molecule has 5 rings (SSSR count). The molecule has 35 heavy (non-hydrogen) atoms. The second-order valence-corrected chi connectivity index (χ2v) is 12.3. The minimum atomic E-state index is -0.478. The number of hydrogen-bond donors (Lipinski definition) is 1. The third kappa shape index (κ3) is 3.91. The SMILES string of the molecule is COC(=O)c1c(N2C(N)=C(C#N)[C@@H](c3cccs3)C3=C2CC(C)(C)CC3=O)sc2c1CCCCC2. The van der Waals surface area contributed by atoms with Gasteiger partial charge in [-0.05, 0) is 54.5 Å². The fraction of sp³-hybridized carbons (Fsp3) is 0.444. The van der Waals surface area contributed by atoms with E-state index < -0.39 is 11.9 Å². The number of nitrogens with two attached hydrogens (primary N) is 1. The third-order valence-corrected chi connectivity index (χ3v) is 9.42. The molecule has 0 saturated carbocycles. The van der Waals surface area contributed by atoms with Crippen molar-refractivity contribution in [3.8, 4) is 6.07 Å². The van der Waals surface area contributed by atoms with Crippen molar-refractivity contribution >= 4 is 39.4 Å². The third-order valence-electron chi connectivity index (χ3n) is 7.20. The van der Waals surface area contributed by atoms with E-state index in [2.05, 4.69) is 19.9 Å². The number of esters is 1. The molecule has 1 atom stereocenters. The molecule has 8 heteroatoms. The number of carbonyl (C=O) groups excluding carboxylic acids is 2. The number of ketones is 1. The first-order valence-corrected chi connectivity index (χ1v) is 13.7. The second-order valence-electron chi connectivity index (χ2n) is 10.2. The van der Waals surface area contributed by atoms with Gasteiger partial charge >= 0.3 is 5.97 Å². The van der Waals surface area contributed by atoms with Gasteiger partial charge in [0.05, 0.1) is 30.2 Å². The first kappa shape index (κ1) is 23.8. The molecule has 0 unspecified atom stereocenters. The van der Waals surface area contributed by atoms with Gasteiger partial charge in [0.15, 0.2) is 5.78 Å². The van der Waals surface area contributed by atoms with Crippen LogP contribution in [0.25, 0.3) is 0 Å². The summed E-state index contributed by atoms with van der Waals surface area (Å²) in [4.78, 5) is 30.8. The Morgan fingerprint density at radius 3 is 2.71 bits per heavy atom. The topological polar surface area (TPSA) is 96.4 Å². The molecule has 2 aromatic heterocycles. The van der Waals surface area contributed by atoms with Gasteiger partial charge in [0.25, 0.3) is 0 Å². The Hall–Kier alpha value is -2.89. The van der Waals surface area contributed by atoms with E-state index in [1.165, 1.54) is 23.3 Å². The first-order valence-electron chi connectivity index (χ1n) is 12.0. The van der Waals surface area contributed by atoms with Crippen molar-refractivity contribution in [1.82, 2.24) is 0 Å². The molecule has 0 bridgehead atoms. The average molecular weight is 508 g/mol. The molecule has 2 aromatic rings. The number of Topliss-reactive ketones (excluding diaryl/α,β-unsaturated/α-hetero) is 1. The van der Waals surface area contributed by atoms with Crippen LogP contribution in [0.3, 0.4) is 0 Å². The summed E-state index contributed by atoms with van der Waals surface area (Å²) < 4.78 is 5.24. The van der Waals surface area contributed by atoms with Crippen LogP contribution >= 0.6 is 22.7 Å². The Morgan fingerprint density at radius 2 is 2.03 bits per heavy atom. The van der Waals surface area contributed by atoms with Crippen LogP contribution in [0.5, 0.6) is 0 Å². The molecule has 0 fully saturated rings. The van der Waals surface area contributed by atoms with E-state index in [0.29, 0.717) is 40.4 Å². The van der Waals surface area contributed by atoms with Crippen LogP contribution < -0.4 is 10.6 Å². The highest BCUT2D eigenvalue weighted by atomic mass is 32.1. The average Bonchev–Trinajstić information content (AvgIpc) is 3.40. The van der Waals surface area contributed by atoms with E-state index in [1.54, 1.807) is 11.3 Å². The van der Waals surface area contributed by atoms with E-state index in [0.717, 1.165) is 48.2 Å². The molecule has 6 nitrogen and oxygen atoms in total. The molecular formula is C27H29N3O3S2. The van der Waals surface area contributed by atoms with Gasteiger partial charge in [0.1, 0.15) is 10.8 Å². The van der Waals surface area contributed by atoms with Gasteiger partial charge in [-0.1, -0.05) is 26.3 Å². The first-order chi connectivity index (χ1) is 16.8. The number of methoxy groups -OCH3 is 1. The quantitative estimate of drug-likeness (QED) is 0.416. The second kappa shape index (κ2) is 8.96. The highest BCUT2D eigenvalue weighted by molar-refractivity contribution is 7.16. The lowest BCUT2D eigenvalue weighted by Gasteiger charge is -2.43. The van der Waals surface area contributed by atoms with Crippen molar-refractivity contribution in [3.05, 3.63) is 61.1 Å². The van der Waals surface area contributed by atoms with Crippen molar-refractivity contribution in [2.75, 3.05) is 12.0 Å². The molecule has 0 saturated heterocycles. The molecule has 2 aliphatic carbocycles. The zero-order valence-corrected chi connectivity index (χ0v) is 21.9. The molecule has 2 N–H and O–H groups in total. The van der Waals surface area contributed by atoms with Crippen molar-refractivity contribution in [3.63, 3.8) is 0 Å². The van der Waals surface area contributed by atoms with E-state index in [1.807, 2.05) is 22.4 Å². The number of carbonyl (C=O) groups is 2. The van der Waals surface area contributed by atoms with Crippen LogP contribution in [0.4, 0.5) is 5.00 Å². The standard InChI is InChI=1S/C27H29N3O3S2/c1-27(2)12-17-23(18(31)13-27)21(20-10-7-11-34-20)16(14-28)24(29)30(17)25-22(26(32)33-3)15-8-5-4-6-9-19(15)35-25/h7,10-11,21H,4-6,8-9,12-13,29H2,1-3H3/t21-/m0/s1. The van der Waals surface area contributed by atoms with Gasteiger partial charge < -0.3 is 10.5 Å². The van der Waals surface area contributed by atoms with Gasteiger partial charge in [0, 0.05) is 27.4 Å². The number of aryl methyl sites for hydroxylation is 1. The van der Waals surface area contributed by atoms with Gasteiger partial charge in [-0.25, -0.2) is 4.79 Å². The van der Waals surface area contributed by atoms with Crippen LogP contribution in [0.1, 0.15) is 77.5 Å². The Balaban J connectivity index is 1.80. The lowest BCUT2D eigenvalue weighted by molar-refractivity contribution is -0.118. The molecule has 182 valence electrons. The summed E-state index contributed by atoms with van der Waals surface area (Å²) in [7, 11) is 1.40. The smallest absolute Gasteiger partial charge is 0.341 e. The Kier molecular flexibility index (Phi) is 6.10. The summed E-state index contributed by atoms with van der Waals surface area (Å²) in [6.07, 6.45) is 5.96. The van der Waals surface area contributed by atoms with Crippen LogP contribution in [0.2, 0.25) is 0 Å². The van der Waals surface area contributed by atoms with E-state index in [9.17, 15) is 14.9 Å². The maximum Gasteiger partial charge on any atom is 0.341 e. The summed E-state index contributed by atoms with van der Waals surface area (Å²) >= 11 is 3.08. The van der Waals surface area contributed by atoms with E-state index >= 15 is 0 Å². The molecular weight excluding hydrogens is 478 g/mol. The largest absolute Gasteiger partial charge is 0.465 e. The summed E-state index contributed by atoms with van der Waals surface area (Å²) in [5.74, 6) is -0.529. The van der Waals surface area contributed by atoms with Crippen molar-refractivity contribution in [1.29, 1.82) is 5.26 Å². The molecule has 0 amide bonds. The lowest BCUT2D eigenvalue weighted by atomic mass is 9.70. The number of allylic oxidation sites excluding steroid dienone is 3. The monoisotopic (exact) mass is 507 g/mol. The maximum absolute atomic E-state index is 13.7.